The summed E-state index contributed by atoms with van der Waals surface area (Å²) in [7, 11) is 1.31. The van der Waals surface area contributed by atoms with Crippen LogP contribution in [0.3, 0.4) is 0 Å². The predicted molar refractivity (Wildman–Crippen MR) is 116 cm³/mol. The molecule has 9 heteroatoms. The van der Waals surface area contributed by atoms with E-state index in [0.29, 0.717) is 57.7 Å². The molecular weight excluding hydrogens is 437 g/mol. The third-order valence-corrected chi connectivity index (χ3v) is 5.47. The molecular formula is C23H17ClFN3O4. The van der Waals surface area contributed by atoms with Crippen LogP contribution in [0.15, 0.2) is 59.3 Å². The molecule has 1 unspecified atom stereocenters. The van der Waals surface area contributed by atoms with Crippen LogP contribution in [0.5, 0.6) is 5.75 Å². The van der Waals surface area contributed by atoms with Crippen molar-refractivity contribution < 1.29 is 23.1 Å². The Bertz CT molecular complexity index is 1330. The van der Waals surface area contributed by atoms with Crippen molar-refractivity contribution in [1.29, 1.82) is 0 Å². The number of anilines is 2. The molecule has 2 aromatic carbocycles. The first-order valence-corrected chi connectivity index (χ1v) is 10.2. The monoisotopic (exact) mass is 453 g/mol. The Morgan fingerprint density at radius 1 is 1.22 bits per heavy atom. The summed E-state index contributed by atoms with van der Waals surface area (Å²) in [6, 6.07) is 11.0. The second-order valence-corrected chi connectivity index (χ2v) is 7.64. The lowest BCUT2D eigenvalue weighted by molar-refractivity contribution is 0.0601. The molecule has 0 bridgehead atoms. The number of carbonyl (C=O) groups excluding carboxylic acids is 1. The molecule has 0 spiro atoms. The number of hydrogen-bond donors (Lipinski definition) is 0. The van der Waals surface area contributed by atoms with E-state index in [0.717, 1.165) is 0 Å². The molecule has 162 valence electrons. The van der Waals surface area contributed by atoms with Crippen molar-refractivity contribution in [1.82, 2.24) is 9.97 Å². The zero-order valence-corrected chi connectivity index (χ0v) is 17.7. The number of aromatic nitrogens is 2. The molecule has 0 saturated heterocycles. The minimum absolute atomic E-state index is 0.313. The number of nitrogens with zero attached hydrogens (tertiary/aromatic N) is 3. The van der Waals surface area contributed by atoms with Crippen LogP contribution in [-0.2, 0) is 4.74 Å². The molecule has 0 saturated carbocycles. The average molecular weight is 454 g/mol. The molecule has 5 rings (SSSR count). The summed E-state index contributed by atoms with van der Waals surface area (Å²) in [5, 5.41) is 0.542. The van der Waals surface area contributed by atoms with Crippen molar-refractivity contribution in [2.24, 2.45) is 0 Å². The number of methoxy groups -OCH3 is 1. The van der Waals surface area contributed by atoms with Gasteiger partial charge in [0.1, 0.15) is 17.1 Å². The van der Waals surface area contributed by atoms with Crippen LogP contribution >= 0.6 is 11.6 Å². The van der Waals surface area contributed by atoms with Gasteiger partial charge in [0.05, 0.1) is 30.2 Å². The van der Waals surface area contributed by atoms with Gasteiger partial charge in [-0.1, -0.05) is 11.6 Å². The SMILES string of the molecule is COC(=O)c1ccncc1N1CCC(c2nc3ccc(Cl)cc3o2)Oc2ccc(F)cc21. The first kappa shape index (κ1) is 20.3. The van der Waals surface area contributed by atoms with Gasteiger partial charge < -0.3 is 18.8 Å². The molecule has 0 N–H and O–H groups in total. The van der Waals surface area contributed by atoms with Gasteiger partial charge in [-0.25, -0.2) is 14.2 Å². The molecule has 4 aromatic rings. The number of fused-ring (bicyclic) bond motifs is 2. The van der Waals surface area contributed by atoms with E-state index in [1.807, 2.05) is 0 Å². The summed E-state index contributed by atoms with van der Waals surface area (Å²) in [6.45, 7) is 0.385. The number of ether oxygens (including phenoxy) is 2. The first-order valence-electron chi connectivity index (χ1n) is 9.85. The predicted octanol–water partition coefficient (Wildman–Crippen LogP) is 5.46. The maximum Gasteiger partial charge on any atom is 0.340 e. The minimum Gasteiger partial charge on any atom is -0.478 e. The smallest absolute Gasteiger partial charge is 0.340 e. The lowest BCUT2D eigenvalue weighted by atomic mass is 10.1. The third-order valence-electron chi connectivity index (χ3n) is 5.23. The quantitative estimate of drug-likeness (QED) is 0.381. The van der Waals surface area contributed by atoms with E-state index in [9.17, 15) is 9.18 Å². The Hall–Kier alpha value is -3.65. The number of rotatable bonds is 3. The zero-order valence-electron chi connectivity index (χ0n) is 16.9. The van der Waals surface area contributed by atoms with Crippen LogP contribution in [0.1, 0.15) is 28.8 Å². The highest BCUT2D eigenvalue weighted by Crippen LogP contribution is 2.42. The molecule has 1 atom stereocenters. The molecule has 3 heterocycles. The summed E-state index contributed by atoms with van der Waals surface area (Å²) in [5.74, 6) is -0.138. The van der Waals surface area contributed by atoms with E-state index in [-0.39, 0.29) is 0 Å². The topological polar surface area (TPSA) is 77.7 Å². The highest BCUT2D eigenvalue weighted by molar-refractivity contribution is 6.31. The molecule has 7 nitrogen and oxygen atoms in total. The first-order chi connectivity index (χ1) is 15.5. The van der Waals surface area contributed by atoms with Gasteiger partial charge in [-0.15, -0.1) is 0 Å². The Labute approximate surface area is 187 Å². The van der Waals surface area contributed by atoms with Crippen molar-refractivity contribution >= 4 is 40.0 Å². The standard InChI is InChI=1S/C23H17ClFN3O4/c1-30-23(29)15-6-8-26-12-18(15)28-9-7-20(31-19-5-3-14(25)11-17(19)28)22-27-16-4-2-13(24)10-21(16)32-22/h2-6,8,10-12,20H,7,9H2,1H3. The number of hydrogen-bond acceptors (Lipinski definition) is 7. The fourth-order valence-corrected chi connectivity index (χ4v) is 3.90. The lowest BCUT2D eigenvalue weighted by Gasteiger charge is -2.25. The van der Waals surface area contributed by atoms with Crippen LogP contribution in [0, 0.1) is 5.82 Å². The summed E-state index contributed by atoms with van der Waals surface area (Å²) < 4.78 is 31.2. The molecule has 0 aliphatic carbocycles. The second-order valence-electron chi connectivity index (χ2n) is 7.21. The fraction of sp³-hybridized carbons (Fsp3) is 0.174. The number of benzene rings is 2. The van der Waals surface area contributed by atoms with Crippen molar-refractivity contribution in [3.05, 3.63) is 77.2 Å². The van der Waals surface area contributed by atoms with Crippen LogP contribution in [-0.4, -0.2) is 29.6 Å². The average Bonchev–Trinajstić information content (AvgIpc) is 3.13. The number of carbonyl (C=O) groups is 1. The van der Waals surface area contributed by atoms with Gasteiger partial charge in [-0.3, -0.25) is 4.98 Å². The van der Waals surface area contributed by atoms with Crippen LogP contribution in [0.4, 0.5) is 15.8 Å². The molecule has 1 aliphatic heterocycles. The number of halogens is 2. The molecule has 32 heavy (non-hydrogen) atoms. The van der Waals surface area contributed by atoms with Crippen LogP contribution in [0.25, 0.3) is 11.1 Å². The van der Waals surface area contributed by atoms with Gasteiger partial charge in [0.2, 0.25) is 5.89 Å². The highest BCUT2D eigenvalue weighted by Gasteiger charge is 2.30. The largest absolute Gasteiger partial charge is 0.478 e. The number of oxazole rings is 1. The van der Waals surface area contributed by atoms with E-state index in [4.69, 9.17) is 25.5 Å². The Balaban J connectivity index is 1.58. The maximum atomic E-state index is 14.2. The Kier molecular flexibility index (Phi) is 5.14. The van der Waals surface area contributed by atoms with E-state index < -0.39 is 17.9 Å². The second kappa shape index (κ2) is 8.12. The fourth-order valence-electron chi connectivity index (χ4n) is 3.74. The van der Waals surface area contributed by atoms with E-state index in [2.05, 4.69) is 9.97 Å². The maximum absolute atomic E-state index is 14.2. The third kappa shape index (κ3) is 3.62. The summed E-state index contributed by atoms with van der Waals surface area (Å²) in [6.07, 6.45) is 2.96. The zero-order chi connectivity index (χ0) is 22.2. The number of esters is 1. The van der Waals surface area contributed by atoms with Crippen molar-refractivity contribution in [3.63, 3.8) is 0 Å². The number of pyridine rings is 1. The summed E-state index contributed by atoms with van der Waals surface area (Å²) in [4.78, 5) is 22.8. The van der Waals surface area contributed by atoms with E-state index >= 15 is 0 Å². The van der Waals surface area contributed by atoms with Gasteiger partial charge >= 0.3 is 5.97 Å². The normalized spacial score (nSPS) is 15.7. The van der Waals surface area contributed by atoms with Crippen LogP contribution in [0.2, 0.25) is 5.02 Å². The summed E-state index contributed by atoms with van der Waals surface area (Å²) in [5.41, 5.74) is 2.47. The Morgan fingerprint density at radius 2 is 2.09 bits per heavy atom. The lowest BCUT2D eigenvalue weighted by Crippen LogP contribution is -2.21. The van der Waals surface area contributed by atoms with Gasteiger partial charge in [0, 0.05) is 36.3 Å². The van der Waals surface area contributed by atoms with Crippen LogP contribution < -0.4 is 9.64 Å². The van der Waals surface area contributed by atoms with Crippen molar-refractivity contribution in [2.45, 2.75) is 12.5 Å². The molecule has 0 radical (unpaired) electrons. The van der Waals surface area contributed by atoms with Gasteiger partial charge in [-0.05, 0) is 30.3 Å². The van der Waals surface area contributed by atoms with Gasteiger partial charge in [-0.2, -0.15) is 0 Å². The molecule has 0 fully saturated rings. The van der Waals surface area contributed by atoms with Crippen molar-refractivity contribution in [3.8, 4) is 5.75 Å². The van der Waals surface area contributed by atoms with E-state index in [1.54, 1.807) is 41.4 Å². The molecule has 1 aliphatic rings. The molecule has 2 aromatic heterocycles. The van der Waals surface area contributed by atoms with Gasteiger partial charge in [0.15, 0.2) is 11.7 Å². The minimum atomic E-state index is -0.534. The van der Waals surface area contributed by atoms with Gasteiger partial charge in [0.25, 0.3) is 0 Å². The Morgan fingerprint density at radius 3 is 2.94 bits per heavy atom. The summed E-state index contributed by atoms with van der Waals surface area (Å²) >= 11 is 6.06. The molecule has 0 amide bonds. The van der Waals surface area contributed by atoms with Crippen molar-refractivity contribution in [2.75, 3.05) is 18.6 Å². The highest BCUT2D eigenvalue weighted by atomic mass is 35.5. The van der Waals surface area contributed by atoms with E-state index in [1.165, 1.54) is 25.4 Å².